The molecule has 0 saturated heterocycles. The molecule has 0 spiro atoms. The number of hydrogen-bond acceptors (Lipinski definition) is 4. The molecule has 1 amide bonds. The Morgan fingerprint density at radius 2 is 1.77 bits per heavy atom. The summed E-state index contributed by atoms with van der Waals surface area (Å²) in [5.74, 6) is 0.352. The van der Waals surface area contributed by atoms with Crippen LogP contribution in [-0.2, 0) is 0 Å². The summed E-state index contributed by atoms with van der Waals surface area (Å²) < 4.78 is 6.27. The third-order valence-electron chi connectivity index (χ3n) is 3.43. The molecule has 7 heteroatoms. The van der Waals surface area contributed by atoms with Gasteiger partial charge in [0.05, 0.1) is 11.1 Å². The molecule has 0 atom stereocenters. The van der Waals surface area contributed by atoms with Gasteiger partial charge in [-0.2, -0.15) is 0 Å². The Bertz CT molecular complexity index is 822. The highest BCUT2D eigenvalue weighted by Crippen LogP contribution is 2.26. The van der Waals surface area contributed by atoms with Gasteiger partial charge >= 0.3 is 0 Å². The predicted octanol–water partition coefficient (Wildman–Crippen LogP) is 4.57. The van der Waals surface area contributed by atoms with Crippen molar-refractivity contribution in [1.82, 2.24) is 5.32 Å². The first-order valence-electron chi connectivity index (χ1n) is 8.06. The Balaban J connectivity index is 1.97. The van der Waals surface area contributed by atoms with E-state index in [1.54, 1.807) is 42.5 Å². The minimum atomic E-state index is -0.328. The number of thiocarbonyl (C=S) groups is 1. The van der Waals surface area contributed by atoms with Crippen molar-refractivity contribution in [2.24, 2.45) is 0 Å². The fraction of sp³-hybridized carbons (Fsp3) is 0.211. The molecule has 2 aromatic carbocycles. The molecule has 0 unspecified atom stereocenters. The van der Waals surface area contributed by atoms with Crippen LogP contribution in [0.5, 0.6) is 5.75 Å². The molecule has 0 aliphatic rings. The van der Waals surface area contributed by atoms with Crippen LogP contribution in [0.15, 0.2) is 46.9 Å². The second-order valence-electron chi connectivity index (χ2n) is 5.54. The van der Waals surface area contributed by atoms with Crippen LogP contribution in [0.25, 0.3) is 0 Å². The molecule has 0 fully saturated rings. The number of Topliss-reactive ketones (excluding diaryl/α,β-unsaturated/α-hetero) is 1. The van der Waals surface area contributed by atoms with Crippen molar-refractivity contribution in [3.05, 3.63) is 58.1 Å². The lowest BCUT2D eigenvalue weighted by atomic mass is 10.1. The number of halogens is 1. The van der Waals surface area contributed by atoms with Crippen molar-refractivity contribution in [2.45, 2.75) is 20.3 Å². The number of benzene rings is 2. The zero-order valence-electron chi connectivity index (χ0n) is 14.5. The lowest BCUT2D eigenvalue weighted by Crippen LogP contribution is -2.34. The molecule has 0 aromatic heterocycles. The van der Waals surface area contributed by atoms with Crippen molar-refractivity contribution in [3.8, 4) is 5.75 Å². The smallest absolute Gasteiger partial charge is 0.257 e. The van der Waals surface area contributed by atoms with Gasteiger partial charge in [-0.3, -0.25) is 14.9 Å². The average molecular weight is 435 g/mol. The van der Waals surface area contributed by atoms with Crippen LogP contribution in [0.3, 0.4) is 0 Å². The highest BCUT2D eigenvalue weighted by molar-refractivity contribution is 9.10. The Morgan fingerprint density at radius 3 is 2.35 bits per heavy atom. The van der Waals surface area contributed by atoms with E-state index in [-0.39, 0.29) is 16.8 Å². The van der Waals surface area contributed by atoms with Gasteiger partial charge in [0.25, 0.3) is 5.91 Å². The van der Waals surface area contributed by atoms with E-state index in [1.807, 2.05) is 6.92 Å². The summed E-state index contributed by atoms with van der Waals surface area (Å²) in [6.45, 7) is 4.14. The fourth-order valence-corrected chi connectivity index (χ4v) is 2.80. The zero-order chi connectivity index (χ0) is 19.1. The highest BCUT2D eigenvalue weighted by Gasteiger charge is 2.11. The number of carbonyl (C=O) groups is 2. The Hall–Kier alpha value is -2.25. The van der Waals surface area contributed by atoms with Crippen molar-refractivity contribution in [2.75, 3.05) is 11.9 Å². The first-order chi connectivity index (χ1) is 12.4. The van der Waals surface area contributed by atoms with E-state index >= 15 is 0 Å². The fourth-order valence-electron chi connectivity index (χ4n) is 2.10. The molecule has 2 N–H and O–H groups in total. The van der Waals surface area contributed by atoms with Gasteiger partial charge in [-0.15, -0.1) is 0 Å². The number of nitrogens with one attached hydrogen (secondary N) is 2. The number of hydrogen-bond donors (Lipinski definition) is 2. The van der Waals surface area contributed by atoms with Gasteiger partial charge in [0, 0.05) is 16.8 Å². The number of amides is 1. The highest BCUT2D eigenvalue weighted by atomic mass is 79.9. The van der Waals surface area contributed by atoms with Crippen LogP contribution in [0.1, 0.15) is 41.0 Å². The lowest BCUT2D eigenvalue weighted by molar-refractivity contribution is 0.0976. The quantitative estimate of drug-likeness (QED) is 0.514. The largest absolute Gasteiger partial charge is 0.492 e. The van der Waals surface area contributed by atoms with Crippen LogP contribution >= 0.6 is 28.1 Å². The van der Waals surface area contributed by atoms with Gasteiger partial charge in [-0.1, -0.05) is 6.92 Å². The van der Waals surface area contributed by atoms with Gasteiger partial charge < -0.3 is 10.1 Å². The molecule has 0 aliphatic heterocycles. The summed E-state index contributed by atoms with van der Waals surface area (Å²) in [4.78, 5) is 23.6. The number of rotatable bonds is 6. The average Bonchev–Trinajstić information content (AvgIpc) is 2.61. The lowest BCUT2D eigenvalue weighted by Gasteiger charge is -2.11. The maximum Gasteiger partial charge on any atom is 0.257 e. The van der Waals surface area contributed by atoms with Gasteiger partial charge in [-0.25, -0.2) is 0 Å². The van der Waals surface area contributed by atoms with E-state index in [9.17, 15) is 9.59 Å². The van der Waals surface area contributed by atoms with Gasteiger partial charge in [-0.05, 0) is 84.0 Å². The summed E-state index contributed by atoms with van der Waals surface area (Å²) >= 11 is 8.57. The van der Waals surface area contributed by atoms with E-state index in [2.05, 4.69) is 26.6 Å². The van der Waals surface area contributed by atoms with E-state index in [0.717, 1.165) is 6.42 Å². The minimum absolute atomic E-state index is 0.00984. The topological polar surface area (TPSA) is 67.4 Å². The molecule has 0 saturated carbocycles. The second-order valence-corrected chi connectivity index (χ2v) is 6.80. The second kappa shape index (κ2) is 9.45. The molecule has 2 rings (SSSR count). The molecule has 26 heavy (non-hydrogen) atoms. The van der Waals surface area contributed by atoms with Crippen LogP contribution < -0.4 is 15.4 Å². The molecular weight excluding hydrogens is 416 g/mol. The van der Waals surface area contributed by atoms with Crippen molar-refractivity contribution in [3.63, 3.8) is 0 Å². The van der Waals surface area contributed by atoms with E-state index in [0.29, 0.717) is 33.6 Å². The van der Waals surface area contributed by atoms with Crippen LogP contribution in [-0.4, -0.2) is 23.4 Å². The van der Waals surface area contributed by atoms with Gasteiger partial charge in [0.2, 0.25) is 0 Å². The summed E-state index contributed by atoms with van der Waals surface area (Å²) in [6.07, 6.45) is 0.905. The number of anilines is 1. The maximum absolute atomic E-state index is 12.3. The summed E-state index contributed by atoms with van der Waals surface area (Å²) in [5, 5.41) is 5.71. The number of ether oxygens (including phenoxy) is 1. The van der Waals surface area contributed by atoms with Crippen molar-refractivity contribution >= 4 is 50.6 Å². The third-order valence-corrected chi connectivity index (χ3v) is 4.26. The Labute approximate surface area is 166 Å². The van der Waals surface area contributed by atoms with Gasteiger partial charge in [0.15, 0.2) is 10.9 Å². The third kappa shape index (κ3) is 5.64. The number of ketones is 1. The summed E-state index contributed by atoms with van der Waals surface area (Å²) in [5.41, 5.74) is 1.75. The first-order valence-corrected chi connectivity index (χ1v) is 9.26. The molecule has 5 nitrogen and oxygen atoms in total. The normalized spacial score (nSPS) is 10.1. The van der Waals surface area contributed by atoms with Gasteiger partial charge in [0.1, 0.15) is 5.75 Å². The Kier molecular flexibility index (Phi) is 7.29. The Morgan fingerprint density at radius 1 is 1.12 bits per heavy atom. The molecule has 2 aromatic rings. The minimum Gasteiger partial charge on any atom is -0.492 e. The monoisotopic (exact) mass is 434 g/mol. The molecular formula is C19H19BrN2O3S. The maximum atomic E-state index is 12.3. The first kappa shape index (κ1) is 20.1. The van der Waals surface area contributed by atoms with E-state index < -0.39 is 0 Å². The zero-order valence-corrected chi connectivity index (χ0v) is 16.9. The van der Waals surface area contributed by atoms with Crippen molar-refractivity contribution in [1.29, 1.82) is 0 Å². The summed E-state index contributed by atoms with van der Waals surface area (Å²) in [6, 6.07) is 11.9. The molecule has 0 radical (unpaired) electrons. The summed E-state index contributed by atoms with van der Waals surface area (Å²) in [7, 11) is 0. The number of carbonyl (C=O) groups excluding carboxylic acids is 2. The molecule has 0 aliphatic carbocycles. The van der Waals surface area contributed by atoms with Crippen molar-refractivity contribution < 1.29 is 14.3 Å². The van der Waals surface area contributed by atoms with Crippen LogP contribution in [0.2, 0.25) is 0 Å². The predicted molar refractivity (Wildman–Crippen MR) is 110 cm³/mol. The van der Waals surface area contributed by atoms with E-state index in [4.69, 9.17) is 17.0 Å². The molecule has 0 heterocycles. The van der Waals surface area contributed by atoms with Crippen LogP contribution in [0, 0.1) is 0 Å². The molecule has 0 bridgehead atoms. The molecule has 136 valence electrons. The SMILES string of the molecule is CCCOc1ccc(C(=O)NC(=S)Nc2ccc(C(C)=O)cc2)cc1Br. The van der Waals surface area contributed by atoms with E-state index in [1.165, 1.54) is 6.92 Å². The van der Waals surface area contributed by atoms with Crippen LogP contribution in [0.4, 0.5) is 5.69 Å². The standard InChI is InChI=1S/C19H19BrN2O3S/c1-3-10-25-17-9-6-14(11-16(17)20)18(24)22-19(26)21-15-7-4-13(5-8-15)12(2)23/h4-9,11H,3,10H2,1-2H3,(H2,21,22,24,26).